The molecule has 0 radical (unpaired) electrons. The number of carboxylic acids is 1. The van der Waals surface area contributed by atoms with Crippen LogP contribution in [0.25, 0.3) is 0 Å². The molecule has 5 heteroatoms. The molecule has 1 heterocycles. The topological polar surface area (TPSA) is 61.7 Å². The maximum absolute atomic E-state index is 10.7. The van der Waals surface area contributed by atoms with Gasteiger partial charge in [-0.2, -0.15) is 0 Å². The van der Waals surface area contributed by atoms with Crippen molar-refractivity contribution in [2.24, 2.45) is 11.1 Å². The molecule has 0 aromatic carbocycles. The molecule has 2 aliphatic rings. The Morgan fingerprint density at radius 1 is 1.65 bits per heavy atom. The summed E-state index contributed by atoms with van der Waals surface area (Å²) in [6.45, 7) is 4.06. The Hall–Kier alpha value is -0.320. The van der Waals surface area contributed by atoms with Crippen LogP contribution in [0.15, 0.2) is 16.8 Å². The molecule has 1 unspecified atom stereocenters. The maximum Gasteiger partial charge on any atom is 1.00 e. The molecule has 17 heavy (non-hydrogen) atoms. The molecule has 0 spiro atoms. The van der Waals surface area contributed by atoms with Gasteiger partial charge in [-0.3, -0.25) is 0 Å². The van der Waals surface area contributed by atoms with Gasteiger partial charge in [0.25, 0.3) is 0 Å². The van der Waals surface area contributed by atoms with Crippen molar-refractivity contribution in [3.05, 3.63) is 11.6 Å². The van der Waals surface area contributed by atoms with E-state index in [1.165, 1.54) is 5.57 Å². The van der Waals surface area contributed by atoms with E-state index in [4.69, 9.17) is 4.84 Å². The quantitative estimate of drug-likeness (QED) is 0.418. The number of hydrogen-bond acceptors (Lipinski definition) is 4. The van der Waals surface area contributed by atoms with Crippen LogP contribution in [0.3, 0.4) is 0 Å². The minimum Gasteiger partial charge on any atom is -0.543 e. The Morgan fingerprint density at radius 3 is 2.82 bits per heavy atom. The summed E-state index contributed by atoms with van der Waals surface area (Å²) in [4.78, 5) is 16.0. The molecule has 0 aromatic heterocycles. The molecule has 0 N–H and O–H groups in total. The number of carboxylic acid groups (broad SMARTS) is 1. The Balaban J connectivity index is 0.00000144. The third kappa shape index (κ3) is 3.12. The molecule has 4 nitrogen and oxygen atoms in total. The van der Waals surface area contributed by atoms with Crippen LogP contribution in [0.2, 0.25) is 0 Å². The number of rotatable bonds is 2. The Bertz CT molecular complexity index is 378. The molecule has 1 aliphatic carbocycles. The Morgan fingerprint density at radius 2 is 2.35 bits per heavy atom. The van der Waals surface area contributed by atoms with E-state index >= 15 is 0 Å². The number of nitrogens with zero attached hydrogens (tertiary/aromatic N) is 1. The SMILES string of the molecule is CC1=CC[C@H](C2(C)CC(C(=O)[O-])=NO2)CC1.[Na+]. The normalized spacial score (nSPS) is 32.0. The molecule has 0 aromatic rings. The minimum absolute atomic E-state index is 0. The van der Waals surface area contributed by atoms with Crippen LogP contribution in [0.4, 0.5) is 0 Å². The van der Waals surface area contributed by atoms with E-state index in [0.717, 1.165) is 19.3 Å². The zero-order chi connectivity index (χ0) is 11.8. The maximum atomic E-state index is 10.7. The number of oxime groups is 1. The third-order valence-electron chi connectivity index (χ3n) is 3.62. The second kappa shape index (κ2) is 5.55. The fraction of sp³-hybridized carbons (Fsp3) is 0.667. The summed E-state index contributed by atoms with van der Waals surface area (Å²) in [5, 5.41) is 14.3. The Kier molecular flexibility index (Phi) is 4.81. The first-order chi connectivity index (χ1) is 7.51. The Labute approximate surface area is 123 Å². The van der Waals surface area contributed by atoms with Crippen molar-refractivity contribution in [1.82, 2.24) is 0 Å². The van der Waals surface area contributed by atoms with Gasteiger partial charge in [0.15, 0.2) is 0 Å². The van der Waals surface area contributed by atoms with Gasteiger partial charge in [0.1, 0.15) is 11.3 Å². The van der Waals surface area contributed by atoms with Crippen molar-refractivity contribution in [3.8, 4) is 0 Å². The molecule has 0 bridgehead atoms. The molecule has 0 saturated heterocycles. The van der Waals surface area contributed by atoms with E-state index in [-0.39, 0.29) is 35.3 Å². The van der Waals surface area contributed by atoms with Crippen molar-refractivity contribution in [1.29, 1.82) is 0 Å². The fourth-order valence-electron chi connectivity index (χ4n) is 2.40. The van der Waals surface area contributed by atoms with Gasteiger partial charge in [0, 0.05) is 12.3 Å². The van der Waals surface area contributed by atoms with Gasteiger partial charge in [-0.1, -0.05) is 16.8 Å². The van der Waals surface area contributed by atoms with E-state index < -0.39 is 11.6 Å². The van der Waals surface area contributed by atoms with E-state index in [0.29, 0.717) is 12.3 Å². The fourth-order valence-corrected chi connectivity index (χ4v) is 2.40. The van der Waals surface area contributed by atoms with Crippen LogP contribution in [-0.2, 0) is 9.63 Å². The molecule has 1 aliphatic heterocycles. The van der Waals surface area contributed by atoms with E-state index in [1.54, 1.807) is 0 Å². The zero-order valence-electron chi connectivity index (χ0n) is 10.7. The van der Waals surface area contributed by atoms with Gasteiger partial charge in [-0.05, 0) is 33.1 Å². The summed E-state index contributed by atoms with van der Waals surface area (Å²) in [6.07, 6.45) is 5.60. The summed E-state index contributed by atoms with van der Waals surface area (Å²) in [5.74, 6) is -0.872. The first-order valence-corrected chi connectivity index (χ1v) is 5.63. The molecule has 88 valence electrons. The number of carbonyl (C=O) groups excluding carboxylic acids is 1. The summed E-state index contributed by atoms with van der Waals surface area (Å²) in [6, 6.07) is 0. The predicted octanol–water partition coefficient (Wildman–Crippen LogP) is -1.98. The van der Waals surface area contributed by atoms with Crippen molar-refractivity contribution in [3.63, 3.8) is 0 Å². The van der Waals surface area contributed by atoms with Crippen molar-refractivity contribution >= 4 is 11.7 Å². The van der Waals surface area contributed by atoms with Crippen LogP contribution in [-0.4, -0.2) is 17.3 Å². The molecule has 0 fully saturated rings. The number of aliphatic carboxylic acids is 1. The molecule has 2 rings (SSSR count). The smallest absolute Gasteiger partial charge is 0.543 e. The molecule has 0 saturated carbocycles. The standard InChI is InChI=1S/C12H17NO3.Na/c1-8-3-5-9(6-4-8)12(2)7-10(11(14)15)13-16-12;/h3,9H,4-7H2,1-2H3,(H,14,15);/q;+1/p-1/t9-,12?;/m0./s1. The van der Waals surface area contributed by atoms with Gasteiger partial charge in [0.2, 0.25) is 0 Å². The van der Waals surface area contributed by atoms with Crippen LogP contribution >= 0.6 is 0 Å². The summed E-state index contributed by atoms with van der Waals surface area (Å²) < 4.78 is 0. The second-order valence-electron chi connectivity index (χ2n) is 4.93. The third-order valence-corrected chi connectivity index (χ3v) is 3.62. The molecular formula is C12H16NNaO3. The van der Waals surface area contributed by atoms with Gasteiger partial charge in [-0.15, -0.1) is 0 Å². The van der Waals surface area contributed by atoms with Crippen molar-refractivity contribution in [2.45, 2.75) is 45.1 Å². The monoisotopic (exact) mass is 245 g/mol. The molecule has 2 atom stereocenters. The van der Waals surface area contributed by atoms with Crippen LogP contribution < -0.4 is 34.7 Å². The second-order valence-corrected chi connectivity index (χ2v) is 4.93. The van der Waals surface area contributed by atoms with Gasteiger partial charge >= 0.3 is 29.6 Å². The number of carbonyl (C=O) groups is 1. The van der Waals surface area contributed by atoms with E-state index in [2.05, 4.69) is 18.2 Å². The molecule has 0 amide bonds. The van der Waals surface area contributed by atoms with Crippen molar-refractivity contribution in [2.75, 3.05) is 0 Å². The first kappa shape index (κ1) is 14.7. The number of hydrogen-bond donors (Lipinski definition) is 0. The van der Waals surface area contributed by atoms with Gasteiger partial charge in [0.05, 0.1) is 5.97 Å². The summed E-state index contributed by atoms with van der Waals surface area (Å²) in [5.41, 5.74) is 0.972. The average molecular weight is 245 g/mol. The van der Waals surface area contributed by atoms with E-state index in [9.17, 15) is 9.90 Å². The van der Waals surface area contributed by atoms with E-state index in [1.807, 2.05) is 6.92 Å². The van der Waals surface area contributed by atoms with Crippen LogP contribution in [0, 0.1) is 5.92 Å². The number of allylic oxidation sites excluding steroid dienone is 2. The predicted molar refractivity (Wildman–Crippen MR) is 57.6 cm³/mol. The first-order valence-electron chi connectivity index (χ1n) is 5.63. The zero-order valence-corrected chi connectivity index (χ0v) is 12.7. The minimum atomic E-state index is -1.22. The summed E-state index contributed by atoms with van der Waals surface area (Å²) >= 11 is 0. The summed E-state index contributed by atoms with van der Waals surface area (Å²) in [7, 11) is 0. The van der Waals surface area contributed by atoms with Crippen LogP contribution in [0.1, 0.15) is 39.5 Å². The average Bonchev–Trinajstić information content (AvgIpc) is 2.63. The van der Waals surface area contributed by atoms with Gasteiger partial charge in [-0.25, -0.2) is 0 Å². The molecular weight excluding hydrogens is 229 g/mol. The van der Waals surface area contributed by atoms with Gasteiger partial charge < -0.3 is 14.7 Å². The largest absolute Gasteiger partial charge is 1.00 e. The van der Waals surface area contributed by atoms with Crippen molar-refractivity contribution < 1.29 is 44.3 Å². The van der Waals surface area contributed by atoms with Crippen LogP contribution in [0.5, 0.6) is 0 Å².